The quantitative estimate of drug-likeness (QED) is 0.634. The number of nitrogens with two attached hydrogens (primary N) is 1. The van der Waals surface area contributed by atoms with Crippen LogP contribution in [0.2, 0.25) is 0 Å². The monoisotopic (exact) mass is 299 g/mol. The molecule has 0 saturated heterocycles. The highest BCUT2D eigenvalue weighted by Gasteiger charge is 2.52. The van der Waals surface area contributed by atoms with E-state index in [1.54, 1.807) is 7.11 Å². The lowest BCUT2D eigenvalue weighted by molar-refractivity contribution is 0.158. The van der Waals surface area contributed by atoms with Crippen LogP contribution in [-0.2, 0) is 12.0 Å². The Balaban J connectivity index is 1.95. The fourth-order valence-corrected chi connectivity index (χ4v) is 4.06. The maximum absolute atomic E-state index is 6.34. The first-order chi connectivity index (χ1) is 10.7. The van der Waals surface area contributed by atoms with Crippen molar-refractivity contribution < 1.29 is 9.47 Å². The lowest BCUT2D eigenvalue weighted by Gasteiger charge is -2.34. The topological polar surface area (TPSA) is 60.1 Å². The van der Waals surface area contributed by atoms with E-state index in [1.807, 2.05) is 6.07 Å². The summed E-state index contributed by atoms with van der Waals surface area (Å²) in [5.41, 5.74) is 3.43. The van der Waals surface area contributed by atoms with Crippen LogP contribution in [0.15, 0.2) is 29.4 Å². The summed E-state index contributed by atoms with van der Waals surface area (Å²) in [6.45, 7) is 1.98. The van der Waals surface area contributed by atoms with Gasteiger partial charge in [-0.15, -0.1) is 0 Å². The van der Waals surface area contributed by atoms with E-state index in [0.717, 1.165) is 43.1 Å². The number of benzene rings is 1. The average molecular weight is 299 g/mol. The Labute approximate surface area is 130 Å². The Bertz CT molecular complexity index is 683. The Morgan fingerprint density at radius 2 is 2.32 bits per heavy atom. The predicted molar refractivity (Wildman–Crippen MR) is 85.4 cm³/mol. The van der Waals surface area contributed by atoms with Crippen molar-refractivity contribution in [3.8, 4) is 11.5 Å². The van der Waals surface area contributed by atoms with Gasteiger partial charge < -0.3 is 20.2 Å². The number of rotatable bonds is 1. The summed E-state index contributed by atoms with van der Waals surface area (Å²) in [6, 6.07) is 4.19. The third kappa shape index (κ3) is 1.72. The number of allylic oxidation sites excluding steroid dienone is 1. The van der Waals surface area contributed by atoms with Gasteiger partial charge in [-0.25, -0.2) is 0 Å². The van der Waals surface area contributed by atoms with E-state index in [2.05, 4.69) is 35.3 Å². The van der Waals surface area contributed by atoms with E-state index in [4.69, 9.17) is 15.3 Å². The highest BCUT2D eigenvalue weighted by Crippen LogP contribution is 2.55. The van der Waals surface area contributed by atoms with Gasteiger partial charge in [0.25, 0.3) is 0 Å². The van der Waals surface area contributed by atoms with E-state index in [-0.39, 0.29) is 11.5 Å². The number of methoxy groups -OCH3 is 1. The minimum absolute atomic E-state index is 0.0522. The lowest BCUT2D eigenvalue weighted by atomic mass is 9.69. The molecule has 2 unspecified atom stereocenters. The Morgan fingerprint density at radius 3 is 3.09 bits per heavy atom. The van der Waals surface area contributed by atoms with Crippen molar-refractivity contribution in [1.82, 2.24) is 4.90 Å². The number of nitrogens with zero attached hydrogens (tertiary/aromatic N) is 2. The molecule has 0 amide bonds. The molecule has 0 radical (unpaired) electrons. The molecule has 3 aliphatic rings. The van der Waals surface area contributed by atoms with Crippen molar-refractivity contribution in [3.05, 3.63) is 35.4 Å². The molecule has 1 aliphatic carbocycles. The van der Waals surface area contributed by atoms with Gasteiger partial charge in [0.15, 0.2) is 11.5 Å². The van der Waals surface area contributed by atoms with Crippen LogP contribution in [0.4, 0.5) is 0 Å². The minimum atomic E-state index is -0.0852. The largest absolute Gasteiger partial charge is 0.493 e. The van der Waals surface area contributed by atoms with E-state index < -0.39 is 0 Å². The summed E-state index contributed by atoms with van der Waals surface area (Å²) in [6.07, 6.45) is 6.14. The maximum Gasteiger partial charge on any atom is 0.166 e. The standard InChI is InChI=1S/C17H21N3O2/c1-20-8-7-17-6-5-12(19-18)9-14(17)22-16-13(21-2)4-3-11(10-20)15(16)17/h3-6,14H,7-10,18H2,1-2H3. The van der Waals surface area contributed by atoms with Gasteiger partial charge in [0.2, 0.25) is 0 Å². The van der Waals surface area contributed by atoms with E-state index in [9.17, 15) is 0 Å². The molecule has 0 bridgehead atoms. The summed E-state index contributed by atoms with van der Waals surface area (Å²) in [5, 5.41) is 3.87. The molecule has 5 heteroatoms. The van der Waals surface area contributed by atoms with Gasteiger partial charge in [-0.2, -0.15) is 5.10 Å². The molecule has 4 rings (SSSR count). The molecule has 0 aromatic heterocycles. The van der Waals surface area contributed by atoms with Gasteiger partial charge in [-0.3, -0.25) is 0 Å². The van der Waals surface area contributed by atoms with Crippen LogP contribution >= 0.6 is 0 Å². The van der Waals surface area contributed by atoms with Crippen molar-refractivity contribution in [2.75, 3.05) is 20.7 Å². The Morgan fingerprint density at radius 1 is 1.45 bits per heavy atom. The third-order valence-corrected chi connectivity index (χ3v) is 5.21. The zero-order valence-corrected chi connectivity index (χ0v) is 13.0. The molecular formula is C17H21N3O2. The Kier molecular flexibility index (Phi) is 2.94. The zero-order valence-electron chi connectivity index (χ0n) is 13.0. The highest BCUT2D eigenvalue weighted by atomic mass is 16.5. The molecule has 2 atom stereocenters. The molecule has 2 heterocycles. The molecule has 0 saturated carbocycles. The third-order valence-electron chi connectivity index (χ3n) is 5.21. The van der Waals surface area contributed by atoms with E-state index in [1.165, 1.54) is 11.1 Å². The molecule has 0 fully saturated rings. The van der Waals surface area contributed by atoms with Gasteiger partial charge in [-0.1, -0.05) is 12.1 Å². The summed E-state index contributed by atoms with van der Waals surface area (Å²) < 4.78 is 11.9. The molecule has 2 N–H and O–H groups in total. The molecule has 2 aliphatic heterocycles. The van der Waals surface area contributed by atoms with Gasteiger partial charge in [-0.05, 0) is 37.7 Å². The minimum Gasteiger partial charge on any atom is -0.493 e. The second-order valence-electron chi connectivity index (χ2n) is 6.42. The fraction of sp³-hybridized carbons (Fsp3) is 0.471. The van der Waals surface area contributed by atoms with Crippen molar-refractivity contribution in [3.63, 3.8) is 0 Å². The van der Waals surface area contributed by atoms with Crippen molar-refractivity contribution >= 4 is 5.71 Å². The first-order valence-corrected chi connectivity index (χ1v) is 7.69. The predicted octanol–water partition coefficient (Wildman–Crippen LogP) is 1.80. The molecular weight excluding hydrogens is 278 g/mol. The smallest absolute Gasteiger partial charge is 0.166 e. The van der Waals surface area contributed by atoms with E-state index in [0.29, 0.717) is 0 Å². The maximum atomic E-state index is 6.34. The van der Waals surface area contributed by atoms with Crippen LogP contribution < -0.4 is 15.3 Å². The first kappa shape index (κ1) is 13.6. The van der Waals surface area contributed by atoms with Crippen LogP contribution in [0, 0.1) is 0 Å². The van der Waals surface area contributed by atoms with Crippen LogP contribution in [0.3, 0.4) is 0 Å². The number of ether oxygens (including phenoxy) is 2. The van der Waals surface area contributed by atoms with Gasteiger partial charge in [0.1, 0.15) is 6.10 Å². The second-order valence-corrected chi connectivity index (χ2v) is 6.42. The molecule has 1 aromatic rings. The SMILES string of the molecule is COc1ccc2c3c1OC1CC(=NN)C=CC31CCN(C)C2. The highest BCUT2D eigenvalue weighted by molar-refractivity contribution is 5.97. The second kappa shape index (κ2) is 4.74. The summed E-state index contributed by atoms with van der Waals surface area (Å²) in [7, 11) is 3.87. The van der Waals surface area contributed by atoms with Gasteiger partial charge in [0.05, 0.1) is 18.2 Å². The first-order valence-electron chi connectivity index (χ1n) is 7.69. The van der Waals surface area contributed by atoms with Crippen LogP contribution in [0.1, 0.15) is 24.0 Å². The molecule has 116 valence electrons. The van der Waals surface area contributed by atoms with Crippen molar-refractivity contribution in [1.29, 1.82) is 0 Å². The summed E-state index contributed by atoms with van der Waals surface area (Å²) >= 11 is 0. The number of hydrazone groups is 1. The van der Waals surface area contributed by atoms with Crippen LogP contribution in [-0.4, -0.2) is 37.4 Å². The van der Waals surface area contributed by atoms with E-state index >= 15 is 0 Å². The van der Waals surface area contributed by atoms with Crippen molar-refractivity contribution in [2.45, 2.75) is 30.9 Å². The van der Waals surface area contributed by atoms with Crippen LogP contribution in [0.25, 0.3) is 0 Å². The molecule has 22 heavy (non-hydrogen) atoms. The molecule has 5 nitrogen and oxygen atoms in total. The lowest BCUT2D eigenvalue weighted by Crippen LogP contribution is -2.42. The fourth-order valence-electron chi connectivity index (χ4n) is 4.06. The molecule has 1 spiro atoms. The summed E-state index contributed by atoms with van der Waals surface area (Å²) in [5.74, 6) is 7.20. The average Bonchev–Trinajstić information content (AvgIpc) is 2.80. The van der Waals surface area contributed by atoms with Crippen LogP contribution in [0.5, 0.6) is 11.5 Å². The van der Waals surface area contributed by atoms with Gasteiger partial charge in [0, 0.05) is 18.5 Å². The van der Waals surface area contributed by atoms with Crippen molar-refractivity contribution in [2.24, 2.45) is 10.9 Å². The zero-order chi connectivity index (χ0) is 15.3. The Hall–Kier alpha value is -2.01. The summed E-state index contributed by atoms with van der Waals surface area (Å²) in [4.78, 5) is 2.37. The van der Waals surface area contributed by atoms with Gasteiger partial charge >= 0.3 is 0 Å². The number of hydrogen-bond donors (Lipinski definition) is 1. The molecule has 1 aromatic carbocycles. The number of hydrogen-bond acceptors (Lipinski definition) is 5. The normalized spacial score (nSPS) is 31.4.